The van der Waals surface area contributed by atoms with Gasteiger partial charge < -0.3 is 10.0 Å². The summed E-state index contributed by atoms with van der Waals surface area (Å²) in [6, 6.07) is 11.7. The van der Waals surface area contributed by atoms with Gasteiger partial charge in [-0.05, 0) is 57.0 Å². The molecule has 3 heterocycles. The summed E-state index contributed by atoms with van der Waals surface area (Å²) in [5, 5.41) is 22.1. The summed E-state index contributed by atoms with van der Waals surface area (Å²) < 4.78 is 1.96. The quantitative estimate of drug-likeness (QED) is 0.696. The average Bonchev–Trinajstić information content (AvgIpc) is 3.35. The molecule has 2 N–H and O–H groups in total. The van der Waals surface area contributed by atoms with Crippen molar-refractivity contribution in [3.05, 3.63) is 70.3 Å². The molecule has 0 saturated carbocycles. The fourth-order valence-corrected chi connectivity index (χ4v) is 4.01. The zero-order valence-corrected chi connectivity index (χ0v) is 17.1. The number of nitrogens with zero attached hydrogens (tertiary/aromatic N) is 4. The smallest absolute Gasteiger partial charge is 0.253 e. The fraction of sp³-hybridized carbons (Fsp3) is 0.409. The van der Waals surface area contributed by atoms with Gasteiger partial charge >= 0.3 is 0 Å². The van der Waals surface area contributed by atoms with E-state index in [2.05, 4.69) is 21.4 Å². The number of aliphatic hydroxyl groups is 1. The first kappa shape index (κ1) is 19.4. The molecule has 7 heteroatoms. The van der Waals surface area contributed by atoms with Crippen molar-refractivity contribution >= 4 is 5.91 Å². The molecule has 4 rings (SSSR count). The van der Waals surface area contributed by atoms with Crippen LogP contribution in [-0.2, 0) is 13.0 Å². The maximum atomic E-state index is 12.9. The van der Waals surface area contributed by atoms with Gasteiger partial charge in [-0.1, -0.05) is 12.1 Å². The van der Waals surface area contributed by atoms with Gasteiger partial charge in [0.05, 0.1) is 24.0 Å². The van der Waals surface area contributed by atoms with Gasteiger partial charge in [-0.15, -0.1) is 0 Å². The highest BCUT2D eigenvalue weighted by atomic mass is 16.3. The number of aliphatic hydroxyl groups excluding tert-OH is 1. The van der Waals surface area contributed by atoms with Gasteiger partial charge in [0.25, 0.3) is 5.91 Å². The fourth-order valence-electron chi connectivity index (χ4n) is 4.01. The van der Waals surface area contributed by atoms with Crippen LogP contribution in [0.15, 0.2) is 36.4 Å². The summed E-state index contributed by atoms with van der Waals surface area (Å²) in [5.74, 6) is -0.0330. The Morgan fingerprint density at radius 2 is 1.93 bits per heavy atom. The SMILES string of the molecule is Cc1cc(C)n(Cc2ccc(C(=O)N3C[C@@H](Cc4cc(C)[nH]n4)[C@H](O)C3)cc2)n1. The molecule has 29 heavy (non-hydrogen) atoms. The lowest BCUT2D eigenvalue weighted by molar-refractivity contribution is 0.0764. The number of likely N-dealkylation sites (tertiary alicyclic amines) is 1. The summed E-state index contributed by atoms with van der Waals surface area (Å²) in [4.78, 5) is 14.6. The second-order valence-electron chi connectivity index (χ2n) is 8.07. The Bertz CT molecular complexity index is 1000. The third-order valence-electron chi connectivity index (χ3n) is 5.56. The van der Waals surface area contributed by atoms with Crippen molar-refractivity contribution in [3.8, 4) is 0 Å². The topological polar surface area (TPSA) is 87.0 Å². The minimum Gasteiger partial charge on any atom is -0.391 e. The van der Waals surface area contributed by atoms with Crippen molar-refractivity contribution in [1.82, 2.24) is 24.9 Å². The number of aryl methyl sites for hydroxylation is 3. The Balaban J connectivity index is 1.39. The molecule has 0 unspecified atom stereocenters. The van der Waals surface area contributed by atoms with Gasteiger partial charge in [-0.2, -0.15) is 10.2 Å². The van der Waals surface area contributed by atoms with Crippen molar-refractivity contribution in [3.63, 3.8) is 0 Å². The number of H-pyrrole nitrogens is 1. The Labute approximate surface area is 170 Å². The molecule has 152 valence electrons. The van der Waals surface area contributed by atoms with Crippen LogP contribution < -0.4 is 0 Å². The minimum absolute atomic E-state index is 0.00644. The highest BCUT2D eigenvalue weighted by Crippen LogP contribution is 2.23. The van der Waals surface area contributed by atoms with E-state index >= 15 is 0 Å². The van der Waals surface area contributed by atoms with Gasteiger partial charge in [0.1, 0.15) is 0 Å². The van der Waals surface area contributed by atoms with Crippen LogP contribution in [0, 0.1) is 26.7 Å². The molecule has 0 aliphatic carbocycles. The Morgan fingerprint density at radius 3 is 2.55 bits per heavy atom. The molecule has 1 saturated heterocycles. The Hall–Kier alpha value is -2.93. The van der Waals surface area contributed by atoms with E-state index in [0.717, 1.165) is 28.3 Å². The minimum atomic E-state index is -0.527. The highest BCUT2D eigenvalue weighted by molar-refractivity contribution is 5.94. The van der Waals surface area contributed by atoms with Crippen LogP contribution >= 0.6 is 0 Å². The van der Waals surface area contributed by atoms with E-state index in [-0.39, 0.29) is 11.8 Å². The summed E-state index contributed by atoms with van der Waals surface area (Å²) >= 11 is 0. The summed E-state index contributed by atoms with van der Waals surface area (Å²) in [5.41, 5.74) is 5.79. The monoisotopic (exact) mass is 393 g/mol. The number of aromatic amines is 1. The van der Waals surface area contributed by atoms with Crippen molar-refractivity contribution in [1.29, 1.82) is 0 Å². The van der Waals surface area contributed by atoms with E-state index in [9.17, 15) is 9.90 Å². The van der Waals surface area contributed by atoms with E-state index in [1.165, 1.54) is 0 Å². The predicted molar refractivity (Wildman–Crippen MR) is 110 cm³/mol. The maximum absolute atomic E-state index is 12.9. The molecule has 3 aromatic rings. The zero-order valence-electron chi connectivity index (χ0n) is 17.1. The van der Waals surface area contributed by atoms with E-state index in [1.54, 1.807) is 4.90 Å². The molecule has 0 radical (unpaired) electrons. The van der Waals surface area contributed by atoms with Crippen LogP contribution in [0.2, 0.25) is 0 Å². The summed E-state index contributed by atoms with van der Waals surface area (Å²) in [6.45, 7) is 7.56. The van der Waals surface area contributed by atoms with Crippen LogP contribution in [0.25, 0.3) is 0 Å². The second-order valence-corrected chi connectivity index (χ2v) is 8.07. The molecule has 7 nitrogen and oxygen atoms in total. The molecular formula is C22H27N5O2. The molecule has 1 aromatic carbocycles. The van der Waals surface area contributed by atoms with Crippen LogP contribution in [0.1, 0.15) is 38.7 Å². The third-order valence-corrected chi connectivity index (χ3v) is 5.56. The third kappa shape index (κ3) is 4.24. The molecule has 0 bridgehead atoms. The standard InChI is InChI=1S/C22H27N5O2/c1-14-9-20(24-23-14)10-19-12-26(13-21(19)28)22(29)18-6-4-17(5-7-18)11-27-16(3)8-15(2)25-27/h4-9,19,21,28H,10-13H2,1-3H3,(H,23,24)/t19-,21-/m1/s1. The number of aromatic nitrogens is 4. The molecule has 1 aliphatic heterocycles. The van der Waals surface area contributed by atoms with Crippen molar-refractivity contribution in [2.75, 3.05) is 13.1 Å². The Morgan fingerprint density at radius 1 is 1.17 bits per heavy atom. The van der Waals surface area contributed by atoms with Gasteiger partial charge in [-0.25, -0.2) is 0 Å². The van der Waals surface area contributed by atoms with Crippen LogP contribution in [0.4, 0.5) is 0 Å². The number of amides is 1. The zero-order chi connectivity index (χ0) is 20.5. The first-order chi connectivity index (χ1) is 13.9. The molecular weight excluding hydrogens is 366 g/mol. The summed E-state index contributed by atoms with van der Waals surface area (Å²) in [6.07, 6.45) is 0.137. The number of benzene rings is 1. The molecule has 2 aromatic heterocycles. The highest BCUT2D eigenvalue weighted by Gasteiger charge is 2.34. The lowest BCUT2D eigenvalue weighted by Crippen LogP contribution is -2.29. The number of carbonyl (C=O) groups is 1. The average molecular weight is 393 g/mol. The number of carbonyl (C=O) groups excluding carboxylic acids is 1. The van der Waals surface area contributed by atoms with E-state index in [0.29, 0.717) is 31.6 Å². The van der Waals surface area contributed by atoms with E-state index < -0.39 is 6.10 Å². The number of β-amino-alcohol motifs (C(OH)–C–C–N with tert-alkyl or cyclic N) is 1. The number of hydrogen-bond acceptors (Lipinski definition) is 4. The first-order valence-electron chi connectivity index (χ1n) is 9.97. The molecule has 2 atom stereocenters. The molecule has 1 fully saturated rings. The largest absolute Gasteiger partial charge is 0.391 e. The van der Waals surface area contributed by atoms with Crippen LogP contribution in [0.3, 0.4) is 0 Å². The van der Waals surface area contributed by atoms with Gasteiger partial charge in [0.15, 0.2) is 0 Å². The van der Waals surface area contributed by atoms with Crippen LogP contribution in [-0.4, -0.2) is 55.1 Å². The van der Waals surface area contributed by atoms with Crippen molar-refractivity contribution in [2.24, 2.45) is 5.92 Å². The normalized spacial score (nSPS) is 19.1. The van der Waals surface area contributed by atoms with Gasteiger partial charge in [0, 0.05) is 36.0 Å². The first-order valence-corrected chi connectivity index (χ1v) is 9.97. The lowest BCUT2D eigenvalue weighted by atomic mass is 10.00. The van der Waals surface area contributed by atoms with Gasteiger partial charge in [-0.3, -0.25) is 14.6 Å². The van der Waals surface area contributed by atoms with Crippen LogP contribution in [0.5, 0.6) is 0 Å². The number of hydrogen-bond donors (Lipinski definition) is 2. The maximum Gasteiger partial charge on any atom is 0.253 e. The lowest BCUT2D eigenvalue weighted by Gasteiger charge is -2.16. The predicted octanol–water partition coefficient (Wildman–Crippen LogP) is 2.26. The molecule has 0 spiro atoms. The summed E-state index contributed by atoms with van der Waals surface area (Å²) in [7, 11) is 0. The van der Waals surface area contributed by atoms with E-state index in [1.807, 2.05) is 55.8 Å². The number of nitrogens with one attached hydrogen (secondary N) is 1. The second kappa shape index (κ2) is 7.83. The van der Waals surface area contributed by atoms with E-state index in [4.69, 9.17) is 0 Å². The Kier molecular flexibility index (Phi) is 5.24. The van der Waals surface area contributed by atoms with Crippen molar-refractivity contribution in [2.45, 2.75) is 39.8 Å². The number of rotatable bonds is 5. The molecule has 1 amide bonds. The van der Waals surface area contributed by atoms with Gasteiger partial charge in [0.2, 0.25) is 0 Å². The molecule has 1 aliphatic rings. The van der Waals surface area contributed by atoms with Crippen molar-refractivity contribution < 1.29 is 9.90 Å².